The molecule has 0 saturated heterocycles. The zero-order chi connectivity index (χ0) is 60.5. The molecule has 2 aromatic heterocycles. The molecule has 2 aromatic carbocycles. The first-order valence-corrected chi connectivity index (χ1v) is 33.1. The van der Waals surface area contributed by atoms with Crippen molar-refractivity contribution in [2.45, 2.75) is 244 Å². The molecule has 2 heterocycles. The first-order valence-electron chi connectivity index (χ1n) is 26.4. The van der Waals surface area contributed by atoms with E-state index in [-0.39, 0.29) is 67.0 Å². The molecule has 440 valence electrons. The van der Waals surface area contributed by atoms with Crippen LogP contribution in [0.25, 0.3) is 0 Å². The number of rotatable bonds is 11. The average molecular weight is 1240 g/mol. The minimum absolute atomic E-state index is 0. The summed E-state index contributed by atoms with van der Waals surface area (Å²) in [4.78, 5) is 41.5. The molecule has 0 aliphatic carbocycles. The Morgan fingerprint density at radius 1 is 0.385 bits per heavy atom. The summed E-state index contributed by atoms with van der Waals surface area (Å²) in [6.07, 6.45) is 2.82. The van der Waals surface area contributed by atoms with Gasteiger partial charge in [0.25, 0.3) is 0 Å². The van der Waals surface area contributed by atoms with Gasteiger partial charge in [0.05, 0.1) is 89.1 Å². The maximum Gasteiger partial charge on any atom is 2.00 e. The van der Waals surface area contributed by atoms with Crippen LogP contribution in [0.1, 0.15) is 212 Å². The van der Waals surface area contributed by atoms with Gasteiger partial charge >= 0.3 is 34.1 Å². The van der Waals surface area contributed by atoms with E-state index in [1.54, 1.807) is 0 Å². The molecule has 2 N–H and O–H groups in total. The molecular formula is C64H108Mn2N2O6P4+4. The first kappa shape index (κ1) is 84.9. The number of pyridine rings is 2. The van der Waals surface area contributed by atoms with Crippen LogP contribution in [-0.4, -0.2) is 88.6 Å². The maximum atomic E-state index is 11.9. The third-order valence-electron chi connectivity index (χ3n) is 12.9. The molecule has 14 heteroatoms. The van der Waals surface area contributed by atoms with E-state index in [0.29, 0.717) is 20.6 Å². The molecule has 0 saturated carbocycles. The van der Waals surface area contributed by atoms with Crippen molar-refractivity contribution in [3.8, 4) is 0 Å². The van der Waals surface area contributed by atoms with Crippen LogP contribution in [0.5, 0.6) is 0 Å². The van der Waals surface area contributed by atoms with Crippen molar-refractivity contribution in [1.29, 1.82) is 0 Å². The van der Waals surface area contributed by atoms with Crippen molar-refractivity contribution in [2.24, 2.45) is 0 Å². The Morgan fingerprint density at radius 3 is 0.910 bits per heavy atom. The zero-order valence-corrected chi connectivity index (χ0v) is 59.1. The van der Waals surface area contributed by atoms with E-state index < -0.39 is 37.8 Å². The summed E-state index contributed by atoms with van der Waals surface area (Å²) in [5, 5.41) is 22.7. The van der Waals surface area contributed by atoms with E-state index in [2.05, 4.69) is 242 Å². The number of carbonyl (C=O) groups excluding carboxylic acids is 4. The predicted octanol–water partition coefficient (Wildman–Crippen LogP) is 16.8. The Balaban J connectivity index is -0.000000356. The quantitative estimate of drug-likeness (QED) is 0.0656. The normalized spacial score (nSPS) is 12.7. The molecule has 2 unspecified atom stereocenters. The van der Waals surface area contributed by atoms with Gasteiger partial charge in [-0.3, -0.25) is 32.1 Å². The Morgan fingerprint density at radius 2 is 0.654 bits per heavy atom. The standard InChI is InChI=1S/C30H49NOP2.C23H43NP2.C7H8O.4CHO.2Mn/c1-27(2,3)33(28(4,5)6)21-23-19-16-20-24(31-23)26(25(32)22-17-14-13-15-18-22)34(29(7,8)9)30(10,11)12;1-20(2,3)25(21(4,5)6)16-18-14-13-15-19(24-18)17-26(22(7,8)9)23(10,11)12;8-6-7-4-2-1-3-5-7;4*1-2;;/h13-20,25-26,32H,21H2,1-12H3;13-15H,16-17H2,1-12H3;1-5,8H,6H2;4*1H;;/q;;;4*-1;2*+2/p+4. The second kappa shape index (κ2) is 38.1. The molecule has 0 aliphatic heterocycles. The summed E-state index contributed by atoms with van der Waals surface area (Å²) in [5.41, 5.74) is 6.84. The molecule has 2 atom stereocenters. The van der Waals surface area contributed by atoms with Gasteiger partial charge in [0.15, 0.2) is 0 Å². The van der Waals surface area contributed by atoms with E-state index in [4.69, 9.17) is 34.3 Å². The first-order chi connectivity index (χ1) is 34.7. The van der Waals surface area contributed by atoms with E-state index in [0.717, 1.165) is 23.0 Å². The van der Waals surface area contributed by atoms with Crippen molar-refractivity contribution in [1.82, 2.24) is 9.97 Å². The fraction of sp³-hybridized carbons (Fsp3) is 0.594. The average Bonchev–Trinajstić information content (AvgIpc) is 3.31. The van der Waals surface area contributed by atoms with Crippen molar-refractivity contribution >= 4 is 58.8 Å². The van der Waals surface area contributed by atoms with Crippen molar-refractivity contribution in [3.05, 3.63) is 131 Å². The van der Waals surface area contributed by atoms with Gasteiger partial charge in [-0.25, -0.2) is 4.98 Å². The van der Waals surface area contributed by atoms with E-state index in [1.807, 2.05) is 48.5 Å². The van der Waals surface area contributed by atoms with E-state index in [1.165, 1.54) is 29.4 Å². The summed E-state index contributed by atoms with van der Waals surface area (Å²) in [6.45, 7) is 70.5. The summed E-state index contributed by atoms with van der Waals surface area (Å²) >= 11 is 0. The van der Waals surface area contributed by atoms with Gasteiger partial charge in [0.2, 0.25) is 0 Å². The summed E-state index contributed by atoms with van der Waals surface area (Å²) < 4.78 is 0. The number of nitrogens with zero attached hydrogens (tertiary/aromatic N) is 2. The van der Waals surface area contributed by atoms with Crippen LogP contribution in [-0.2, 0) is 78.4 Å². The van der Waals surface area contributed by atoms with E-state index in [9.17, 15) is 5.11 Å². The Hall–Kier alpha value is -1.90. The van der Waals surface area contributed by atoms with Crippen LogP contribution >= 0.6 is 31.7 Å². The maximum absolute atomic E-state index is 11.9. The molecule has 0 bridgehead atoms. The molecule has 0 aliphatic rings. The SMILES string of the molecule is CC(C)(C)[PH+](Cc1cccc(C(C(O)c2ccccc2)[PH+](C(C)(C)C)C(C)(C)C)n1)C(C)(C)C.CC(C)(C)[PH+](Cc1cccc(C[PH+](C(C)(C)C)C(C)(C)C)n1)C(C)(C)C.OCc1ccccc1.[CH-]=O.[CH-]=O.[CH-]=O.[CH-]=O.[Mn+2].[Mn+2]. The van der Waals surface area contributed by atoms with Crippen LogP contribution < -0.4 is 0 Å². The van der Waals surface area contributed by atoms with Crippen molar-refractivity contribution in [2.75, 3.05) is 0 Å². The Kier molecular flexibility index (Phi) is 41.4. The topological polar surface area (TPSA) is 135 Å². The Bertz CT molecular complexity index is 2060. The van der Waals surface area contributed by atoms with E-state index >= 15 is 0 Å². The van der Waals surface area contributed by atoms with Gasteiger partial charge in [-0.05, 0) is 202 Å². The number of aliphatic hydroxyl groups is 2. The molecule has 4 rings (SSSR count). The number of hydrogen-bond acceptors (Lipinski definition) is 8. The van der Waals surface area contributed by atoms with Gasteiger partial charge < -0.3 is 29.4 Å². The second-order valence-corrected chi connectivity index (χ2v) is 44.9. The van der Waals surface area contributed by atoms with Gasteiger partial charge in [-0.1, -0.05) is 72.8 Å². The molecule has 2 radical (unpaired) electrons. The molecule has 8 nitrogen and oxygen atoms in total. The molecular weight excluding hydrogens is 1130 g/mol. The molecule has 4 aromatic rings. The largest absolute Gasteiger partial charge is 2.00 e. The second-order valence-electron chi connectivity index (χ2n) is 27.5. The zero-order valence-electron chi connectivity index (χ0n) is 52.7. The fourth-order valence-corrected chi connectivity index (χ4v) is 27.6. The van der Waals surface area contributed by atoms with Crippen LogP contribution in [0.3, 0.4) is 0 Å². The number of aromatic nitrogens is 2. The minimum atomic E-state index is -1.12. The minimum Gasteiger partial charge on any atom is -0.545 e. The third-order valence-corrected chi connectivity index (χ3v) is 30.4. The van der Waals surface area contributed by atoms with Gasteiger partial charge in [0, 0.05) is 31.7 Å². The van der Waals surface area contributed by atoms with Crippen LogP contribution in [0.4, 0.5) is 0 Å². The van der Waals surface area contributed by atoms with Crippen LogP contribution in [0, 0.1) is 0 Å². The van der Waals surface area contributed by atoms with Crippen LogP contribution in [0.2, 0.25) is 0 Å². The van der Waals surface area contributed by atoms with Crippen LogP contribution in [0.15, 0.2) is 97.1 Å². The fourth-order valence-electron chi connectivity index (χ4n) is 11.0. The molecule has 78 heavy (non-hydrogen) atoms. The molecule has 0 spiro atoms. The number of benzene rings is 2. The molecule has 0 fully saturated rings. The van der Waals surface area contributed by atoms with Gasteiger partial charge in [-0.15, -0.1) is 0 Å². The summed E-state index contributed by atoms with van der Waals surface area (Å²) in [5.74, 6) is 0. The van der Waals surface area contributed by atoms with Crippen molar-refractivity contribution < 1.29 is 63.5 Å². The summed E-state index contributed by atoms with van der Waals surface area (Å²) in [7, 11) is -3.02. The number of aliphatic hydroxyl groups excluding tert-OH is 2. The molecule has 0 amide bonds. The third kappa shape index (κ3) is 31.5. The Labute approximate surface area is 504 Å². The van der Waals surface area contributed by atoms with Gasteiger partial charge in [-0.2, -0.15) is 0 Å². The van der Waals surface area contributed by atoms with Crippen molar-refractivity contribution in [3.63, 3.8) is 0 Å². The predicted molar refractivity (Wildman–Crippen MR) is 344 cm³/mol. The van der Waals surface area contributed by atoms with Gasteiger partial charge in [0.1, 0.15) is 11.8 Å². The smallest absolute Gasteiger partial charge is 0.545 e. The number of hydrogen-bond donors (Lipinski definition) is 2. The monoisotopic (exact) mass is 1230 g/mol. The summed E-state index contributed by atoms with van der Waals surface area (Å²) in [6, 6.07) is 33.0.